The van der Waals surface area contributed by atoms with Crippen molar-refractivity contribution in [3.8, 4) is 17.2 Å². The lowest BCUT2D eigenvalue weighted by Gasteiger charge is -2.16. The fourth-order valence-corrected chi connectivity index (χ4v) is 2.37. The largest absolute Gasteiger partial charge is 0.493 e. The van der Waals surface area contributed by atoms with Crippen molar-refractivity contribution < 1.29 is 18.6 Å². The standard InChI is InChI=1S/C19H28N4O4/c1-19(2,3)15-10-21-16(27-15)11-22-18(20-4)23-12-8-13(24-5)17(26-7)14(9-12)25-6/h8-10H,11H2,1-7H3,(H2,20,22,23). The summed E-state index contributed by atoms with van der Waals surface area (Å²) in [6.07, 6.45) is 1.76. The van der Waals surface area contributed by atoms with Gasteiger partial charge in [-0.2, -0.15) is 0 Å². The number of nitrogens with one attached hydrogen (secondary N) is 2. The van der Waals surface area contributed by atoms with E-state index in [1.807, 2.05) is 0 Å². The molecule has 1 heterocycles. The van der Waals surface area contributed by atoms with E-state index >= 15 is 0 Å². The lowest BCUT2D eigenvalue weighted by atomic mass is 9.94. The molecule has 2 N–H and O–H groups in total. The predicted octanol–water partition coefficient (Wildman–Crippen LogP) is 3.19. The van der Waals surface area contributed by atoms with Crippen molar-refractivity contribution >= 4 is 11.6 Å². The van der Waals surface area contributed by atoms with Gasteiger partial charge in [-0.15, -0.1) is 0 Å². The normalized spacial score (nSPS) is 11.9. The number of aromatic nitrogens is 1. The van der Waals surface area contributed by atoms with Crippen LogP contribution in [0.2, 0.25) is 0 Å². The van der Waals surface area contributed by atoms with Crippen LogP contribution in [0.5, 0.6) is 17.2 Å². The van der Waals surface area contributed by atoms with Crippen LogP contribution in [-0.2, 0) is 12.0 Å². The molecule has 0 aliphatic carbocycles. The SMILES string of the molecule is CN=C(NCc1ncc(C(C)(C)C)o1)Nc1cc(OC)c(OC)c(OC)c1. The molecule has 2 aromatic rings. The topological polar surface area (TPSA) is 90.1 Å². The molecule has 0 unspecified atom stereocenters. The highest BCUT2D eigenvalue weighted by molar-refractivity contribution is 5.94. The second kappa shape index (κ2) is 8.66. The molecule has 0 fully saturated rings. The lowest BCUT2D eigenvalue weighted by molar-refractivity contribution is 0.324. The molecule has 2 rings (SSSR count). The number of benzene rings is 1. The summed E-state index contributed by atoms with van der Waals surface area (Å²) in [6.45, 7) is 6.64. The summed E-state index contributed by atoms with van der Waals surface area (Å²) in [5.41, 5.74) is 0.655. The molecule has 8 nitrogen and oxygen atoms in total. The fourth-order valence-electron chi connectivity index (χ4n) is 2.37. The molecule has 27 heavy (non-hydrogen) atoms. The van der Waals surface area contributed by atoms with E-state index in [4.69, 9.17) is 18.6 Å². The Kier molecular flexibility index (Phi) is 6.55. The van der Waals surface area contributed by atoms with Gasteiger partial charge in [0.2, 0.25) is 11.6 Å². The molecule has 148 valence electrons. The number of ether oxygens (including phenoxy) is 3. The van der Waals surface area contributed by atoms with Gasteiger partial charge in [-0.25, -0.2) is 4.98 Å². The molecule has 0 atom stereocenters. The van der Waals surface area contributed by atoms with Gasteiger partial charge in [-0.3, -0.25) is 4.99 Å². The Balaban J connectivity index is 2.10. The molecule has 0 amide bonds. The minimum Gasteiger partial charge on any atom is -0.493 e. The monoisotopic (exact) mass is 376 g/mol. The first-order valence-corrected chi connectivity index (χ1v) is 8.55. The molecule has 1 aromatic carbocycles. The second-order valence-corrected chi connectivity index (χ2v) is 6.83. The lowest BCUT2D eigenvalue weighted by Crippen LogP contribution is -2.30. The molecule has 8 heteroatoms. The Morgan fingerprint density at radius 1 is 1.11 bits per heavy atom. The number of anilines is 1. The Hall–Kier alpha value is -2.90. The van der Waals surface area contributed by atoms with E-state index in [9.17, 15) is 0 Å². The minimum atomic E-state index is -0.0820. The van der Waals surface area contributed by atoms with Crippen LogP contribution in [0.3, 0.4) is 0 Å². The maximum Gasteiger partial charge on any atom is 0.213 e. The molecular formula is C19H28N4O4. The van der Waals surface area contributed by atoms with E-state index in [1.54, 1.807) is 46.7 Å². The molecule has 0 aliphatic heterocycles. The number of guanidine groups is 1. The molecule has 1 aromatic heterocycles. The van der Waals surface area contributed by atoms with Crippen molar-refractivity contribution in [2.75, 3.05) is 33.7 Å². The van der Waals surface area contributed by atoms with Gasteiger partial charge in [-0.05, 0) is 0 Å². The van der Waals surface area contributed by atoms with Gasteiger partial charge in [0.05, 0.1) is 34.1 Å². The van der Waals surface area contributed by atoms with Crippen molar-refractivity contribution in [3.05, 3.63) is 30.0 Å². The Bertz CT molecular complexity index is 768. The number of hydrogen-bond acceptors (Lipinski definition) is 6. The van der Waals surface area contributed by atoms with E-state index < -0.39 is 0 Å². The van der Waals surface area contributed by atoms with Gasteiger partial charge in [-0.1, -0.05) is 20.8 Å². The van der Waals surface area contributed by atoms with Gasteiger partial charge in [0.1, 0.15) is 5.76 Å². The van der Waals surface area contributed by atoms with Gasteiger partial charge >= 0.3 is 0 Å². The number of hydrogen-bond donors (Lipinski definition) is 2. The van der Waals surface area contributed by atoms with Gasteiger partial charge < -0.3 is 29.3 Å². The highest BCUT2D eigenvalue weighted by Crippen LogP contribution is 2.39. The Labute approximate surface area is 159 Å². The minimum absolute atomic E-state index is 0.0820. The van der Waals surface area contributed by atoms with Crippen molar-refractivity contribution in [1.29, 1.82) is 0 Å². The Morgan fingerprint density at radius 2 is 1.74 bits per heavy atom. The number of methoxy groups -OCH3 is 3. The van der Waals surface area contributed by atoms with Crippen LogP contribution in [0.25, 0.3) is 0 Å². The summed E-state index contributed by atoms with van der Waals surface area (Å²) in [6, 6.07) is 3.61. The zero-order valence-electron chi connectivity index (χ0n) is 17.0. The van der Waals surface area contributed by atoms with Crippen LogP contribution in [-0.4, -0.2) is 39.3 Å². The van der Waals surface area contributed by atoms with Crippen molar-refractivity contribution in [1.82, 2.24) is 10.3 Å². The zero-order chi connectivity index (χ0) is 20.0. The average molecular weight is 376 g/mol. The highest BCUT2D eigenvalue weighted by Gasteiger charge is 2.19. The first kappa shape index (κ1) is 20.4. The number of nitrogens with zero attached hydrogens (tertiary/aromatic N) is 2. The fraction of sp³-hybridized carbons (Fsp3) is 0.474. The third-order valence-electron chi connectivity index (χ3n) is 3.85. The second-order valence-electron chi connectivity index (χ2n) is 6.83. The summed E-state index contributed by atoms with van der Waals surface area (Å²) in [5.74, 6) is 3.62. The van der Waals surface area contributed by atoms with E-state index in [1.165, 1.54) is 0 Å². The molecule has 0 spiro atoms. The van der Waals surface area contributed by atoms with Crippen molar-refractivity contribution in [2.45, 2.75) is 32.7 Å². The van der Waals surface area contributed by atoms with E-state index in [2.05, 4.69) is 41.4 Å². The summed E-state index contributed by atoms with van der Waals surface area (Å²) in [7, 11) is 6.40. The molecule has 0 radical (unpaired) electrons. The quantitative estimate of drug-likeness (QED) is 0.591. The van der Waals surface area contributed by atoms with Crippen LogP contribution in [0.15, 0.2) is 27.7 Å². The van der Waals surface area contributed by atoms with Crippen LogP contribution < -0.4 is 24.8 Å². The van der Waals surface area contributed by atoms with Gasteiger partial charge in [0, 0.05) is 30.3 Å². The number of oxazole rings is 1. The van der Waals surface area contributed by atoms with Gasteiger partial charge in [0.25, 0.3) is 0 Å². The molecule has 0 saturated carbocycles. The average Bonchev–Trinajstić information content (AvgIpc) is 3.13. The van der Waals surface area contributed by atoms with E-state index in [0.717, 1.165) is 11.4 Å². The Morgan fingerprint density at radius 3 is 2.19 bits per heavy atom. The summed E-state index contributed by atoms with van der Waals surface area (Å²) >= 11 is 0. The molecule has 0 saturated heterocycles. The van der Waals surface area contributed by atoms with Crippen LogP contribution in [0.1, 0.15) is 32.4 Å². The predicted molar refractivity (Wildman–Crippen MR) is 105 cm³/mol. The number of rotatable bonds is 6. The maximum absolute atomic E-state index is 5.78. The van der Waals surface area contributed by atoms with Crippen LogP contribution >= 0.6 is 0 Å². The van der Waals surface area contributed by atoms with Crippen molar-refractivity contribution in [2.24, 2.45) is 4.99 Å². The van der Waals surface area contributed by atoms with Crippen LogP contribution in [0, 0.1) is 0 Å². The number of aliphatic imine (C=N–C) groups is 1. The summed E-state index contributed by atoms with van der Waals surface area (Å²) < 4.78 is 21.9. The van der Waals surface area contributed by atoms with E-state index in [0.29, 0.717) is 35.6 Å². The van der Waals surface area contributed by atoms with Gasteiger partial charge in [0.15, 0.2) is 17.5 Å². The van der Waals surface area contributed by atoms with E-state index in [-0.39, 0.29) is 5.41 Å². The smallest absolute Gasteiger partial charge is 0.213 e. The first-order chi connectivity index (χ1) is 12.8. The third kappa shape index (κ3) is 5.06. The third-order valence-corrected chi connectivity index (χ3v) is 3.85. The maximum atomic E-state index is 5.78. The zero-order valence-corrected chi connectivity index (χ0v) is 17.0. The highest BCUT2D eigenvalue weighted by atomic mass is 16.5. The molecule has 0 bridgehead atoms. The molecular weight excluding hydrogens is 348 g/mol. The van der Waals surface area contributed by atoms with Crippen molar-refractivity contribution in [3.63, 3.8) is 0 Å². The summed E-state index contributed by atoms with van der Waals surface area (Å²) in [5, 5.41) is 6.36. The molecule has 0 aliphatic rings. The van der Waals surface area contributed by atoms with Crippen LogP contribution in [0.4, 0.5) is 5.69 Å². The first-order valence-electron chi connectivity index (χ1n) is 8.55. The summed E-state index contributed by atoms with van der Waals surface area (Å²) in [4.78, 5) is 8.52.